The van der Waals surface area contributed by atoms with Gasteiger partial charge in [-0.1, -0.05) is 58.0 Å². The van der Waals surface area contributed by atoms with E-state index in [1.807, 2.05) is 54.6 Å². The van der Waals surface area contributed by atoms with Gasteiger partial charge in [0.25, 0.3) is 0 Å². The Morgan fingerprint density at radius 3 is 2.03 bits per heavy atom. The number of benzene rings is 2. The van der Waals surface area contributed by atoms with Crippen LogP contribution >= 0.6 is 0 Å². The van der Waals surface area contributed by atoms with E-state index in [0.717, 1.165) is 37.1 Å². The molecule has 2 N–H and O–H groups in total. The van der Waals surface area contributed by atoms with Crippen molar-refractivity contribution in [3.8, 4) is 0 Å². The lowest BCUT2D eigenvalue weighted by Crippen LogP contribution is -2.30. The van der Waals surface area contributed by atoms with Crippen molar-refractivity contribution >= 4 is 40.6 Å². The van der Waals surface area contributed by atoms with Crippen molar-refractivity contribution in [2.75, 3.05) is 28.6 Å². The number of anilines is 5. The van der Waals surface area contributed by atoms with Gasteiger partial charge < -0.3 is 15.1 Å². The van der Waals surface area contributed by atoms with E-state index < -0.39 is 0 Å². The van der Waals surface area contributed by atoms with E-state index in [2.05, 4.69) is 42.6 Å². The zero-order valence-corrected chi connectivity index (χ0v) is 20.3. The molecule has 0 spiro atoms. The van der Waals surface area contributed by atoms with Crippen LogP contribution in [0.2, 0.25) is 0 Å². The highest BCUT2D eigenvalue weighted by atomic mass is 16.4. The second-order valence-electron chi connectivity index (χ2n) is 9.28. The van der Waals surface area contributed by atoms with Crippen LogP contribution in [0, 0.1) is 11.8 Å². The third-order valence-electron chi connectivity index (χ3n) is 5.55. The van der Waals surface area contributed by atoms with E-state index >= 15 is 0 Å². The third-order valence-corrected chi connectivity index (χ3v) is 5.55. The Bertz CT molecular complexity index is 1160. The number of para-hydroxylation sites is 3. The molecule has 8 nitrogen and oxygen atoms in total. The Morgan fingerprint density at radius 2 is 1.38 bits per heavy atom. The van der Waals surface area contributed by atoms with Crippen molar-refractivity contribution in [3.05, 3.63) is 54.6 Å². The molecule has 0 atom stereocenters. The SMILES string of the molecule is CC(C)CCN(CCC(C)C)c1nc(N)nc(N(c2ccccc2)c2nc3ccccc3o2)n1. The second kappa shape index (κ2) is 10.5. The molecule has 0 radical (unpaired) electrons. The molecule has 178 valence electrons. The van der Waals surface area contributed by atoms with Gasteiger partial charge in [-0.15, -0.1) is 0 Å². The van der Waals surface area contributed by atoms with Crippen molar-refractivity contribution < 1.29 is 4.42 Å². The fourth-order valence-electron chi connectivity index (χ4n) is 3.59. The first-order valence-corrected chi connectivity index (χ1v) is 11.9. The molecule has 34 heavy (non-hydrogen) atoms. The molecule has 0 bridgehead atoms. The number of nitrogens with two attached hydrogens (primary N) is 1. The monoisotopic (exact) mass is 459 g/mol. The minimum Gasteiger partial charge on any atom is -0.423 e. The van der Waals surface area contributed by atoms with Crippen LogP contribution in [0.1, 0.15) is 40.5 Å². The zero-order valence-electron chi connectivity index (χ0n) is 20.3. The third kappa shape index (κ3) is 5.62. The van der Waals surface area contributed by atoms with Crippen molar-refractivity contribution in [1.29, 1.82) is 0 Å². The predicted molar refractivity (Wildman–Crippen MR) is 138 cm³/mol. The summed E-state index contributed by atoms with van der Waals surface area (Å²) in [5, 5.41) is 0. The number of fused-ring (bicyclic) bond motifs is 1. The van der Waals surface area contributed by atoms with E-state index in [0.29, 0.717) is 35.3 Å². The van der Waals surface area contributed by atoms with Gasteiger partial charge >= 0.3 is 6.01 Å². The van der Waals surface area contributed by atoms with Gasteiger partial charge in [-0.3, -0.25) is 0 Å². The molecule has 4 rings (SSSR count). The predicted octanol–water partition coefficient (Wildman–Crippen LogP) is 5.96. The summed E-state index contributed by atoms with van der Waals surface area (Å²) >= 11 is 0. The first kappa shape index (κ1) is 23.5. The molecular formula is C26H33N7O. The molecule has 0 fully saturated rings. The topological polar surface area (TPSA) is 97.2 Å². The Balaban J connectivity index is 1.78. The van der Waals surface area contributed by atoms with Crippen LogP contribution in [0.3, 0.4) is 0 Å². The van der Waals surface area contributed by atoms with Gasteiger partial charge in [-0.2, -0.15) is 19.9 Å². The van der Waals surface area contributed by atoms with E-state index in [4.69, 9.17) is 20.1 Å². The summed E-state index contributed by atoms with van der Waals surface area (Å²) in [5.74, 6) is 2.25. The second-order valence-corrected chi connectivity index (χ2v) is 9.28. The quantitative estimate of drug-likeness (QED) is 0.310. The Kier molecular flexibility index (Phi) is 7.25. The zero-order chi connectivity index (χ0) is 24.1. The van der Waals surface area contributed by atoms with Crippen LogP contribution in [0.4, 0.5) is 29.5 Å². The molecule has 8 heteroatoms. The lowest BCUT2D eigenvalue weighted by molar-refractivity contribution is 0.530. The summed E-state index contributed by atoms with van der Waals surface area (Å²) < 4.78 is 6.10. The summed E-state index contributed by atoms with van der Waals surface area (Å²) in [6.45, 7) is 10.6. The summed E-state index contributed by atoms with van der Waals surface area (Å²) in [7, 11) is 0. The molecule has 0 aliphatic carbocycles. The molecule has 2 aromatic heterocycles. The Morgan fingerprint density at radius 1 is 0.765 bits per heavy atom. The highest BCUT2D eigenvalue weighted by molar-refractivity contribution is 5.78. The average molecular weight is 460 g/mol. The van der Waals surface area contributed by atoms with Crippen molar-refractivity contribution in [3.63, 3.8) is 0 Å². The van der Waals surface area contributed by atoms with Crippen molar-refractivity contribution in [2.45, 2.75) is 40.5 Å². The first-order chi connectivity index (χ1) is 16.4. The lowest BCUT2D eigenvalue weighted by Gasteiger charge is -2.26. The molecule has 0 saturated heterocycles. The number of oxazole rings is 1. The molecule has 0 amide bonds. The summed E-state index contributed by atoms with van der Waals surface area (Å²) in [6, 6.07) is 17.8. The van der Waals surface area contributed by atoms with Gasteiger partial charge in [-0.05, 0) is 48.9 Å². The maximum atomic E-state index is 6.21. The Hall–Kier alpha value is -3.68. The summed E-state index contributed by atoms with van der Waals surface area (Å²) in [6.07, 6.45) is 2.07. The molecule has 0 saturated carbocycles. The van der Waals surface area contributed by atoms with Crippen LogP contribution in [0.15, 0.2) is 59.0 Å². The maximum absolute atomic E-state index is 6.21. The van der Waals surface area contributed by atoms with Gasteiger partial charge in [0.15, 0.2) is 5.58 Å². The normalized spacial score (nSPS) is 11.5. The van der Waals surface area contributed by atoms with E-state index in [1.165, 1.54) is 0 Å². The molecule has 2 heterocycles. The molecule has 0 aliphatic heterocycles. The van der Waals surface area contributed by atoms with E-state index in [-0.39, 0.29) is 5.95 Å². The highest BCUT2D eigenvalue weighted by Gasteiger charge is 2.24. The molecular weight excluding hydrogens is 426 g/mol. The maximum Gasteiger partial charge on any atom is 0.310 e. The summed E-state index contributed by atoms with van der Waals surface area (Å²) in [4.78, 5) is 22.5. The number of rotatable bonds is 10. The van der Waals surface area contributed by atoms with Gasteiger partial charge in [0.05, 0.1) is 5.69 Å². The smallest absolute Gasteiger partial charge is 0.310 e. The van der Waals surface area contributed by atoms with E-state index in [1.54, 1.807) is 4.90 Å². The minimum atomic E-state index is 0.163. The van der Waals surface area contributed by atoms with Gasteiger partial charge in [0, 0.05) is 13.1 Å². The van der Waals surface area contributed by atoms with E-state index in [9.17, 15) is 0 Å². The number of nitrogen functional groups attached to an aromatic ring is 1. The summed E-state index contributed by atoms with van der Waals surface area (Å²) in [5.41, 5.74) is 8.48. The average Bonchev–Trinajstić information content (AvgIpc) is 3.23. The molecule has 0 unspecified atom stereocenters. The highest BCUT2D eigenvalue weighted by Crippen LogP contribution is 2.34. The van der Waals surface area contributed by atoms with Gasteiger partial charge in [0.1, 0.15) is 5.52 Å². The first-order valence-electron chi connectivity index (χ1n) is 11.9. The van der Waals surface area contributed by atoms with Crippen LogP contribution < -0.4 is 15.5 Å². The molecule has 2 aromatic carbocycles. The van der Waals surface area contributed by atoms with Gasteiger partial charge in [0.2, 0.25) is 17.8 Å². The lowest BCUT2D eigenvalue weighted by atomic mass is 10.1. The van der Waals surface area contributed by atoms with Crippen molar-refractivity contribution in [2.24, 2.45) is 11.8 Å². The molecule has 0 aliphatic rings. The largest absolute Gasteiger partial charge is 0.423 e. The van der Waals surface area contributed by atoms with Crippen LogP contribution in [0.25, 0.3) is 11.1 Å². The fourth-order valence-corrected chi connectivity index (χ4v) is 3.59. The number of aromatic nitrogens is 4. The van der Waals surface area contributed by atoms with Gasteiger partial charge in [-0.25, -0.2) is 4.90 Å². The number of hydrogen-bond donors (Lipinski definition) is 1. The van der Waals surface area contributed by atoms with Crippen LogP contribution in [-0.2, 0) is 0 Å². The fraction of sp³-hybridized carbons (Fsp3) is 0.385. The van der Waals surface area contributed by atoms with Crippen LogP contribution in [0.5, 0.6) is 0 Å². The number of hydrogen-bond acceptors (Lipinski definition) is 8. The number of nitrogens with zero attached hydrogens (tertiary/aromatic N) is 6. The van der Waals surface area contributed by atoms with Crippen LogP contribution in [-0.4, -0.2) is 33.0 Å². The Labute approximate surface area is 200 Å². The minimum absolute atomic E-state index is 0.163. The van der Waals surface area contributed by atoms with Crippen molar-refractivity contribution in [1.82, 2.24) is 19.9 Å². The standard InChI is InChI=1S/C26H33N7O/c1-18(2)14-16-32(17-15-19(3)4)24-29-23(27)30-25(31-24)33(20-10-6-5-7-11-20)26-28-21-12-8-9-13-22(21)34-26/h5-13,18-19H,14-17H2,1-4H3,(H2,27,29,30,31). The molecule has 4 aromatic rings.